The first-order valence-electron chi connectivity index (χ1n) is 5.50. The van der Waals surface area contributed by atoms with E-state index in [1.54, 1.807) is 26.8 Å². The Morgan fingerprint density at radius 2 is 2.00 bits per heavy atom. The van der Waals surface area contributed by atoms with Gasteiger partial charge >= 0.3 is 6.09 Å². The second-order valence-electron chi connectivity index (χ2n) is 4.71. The van der Waals surface area contributed by atoms with Crippen molar-refractivity contribution in [2.45, 2.75) is 26.4 Å². The number of carbonyl (C=O) groups is 2. The molecule has 0 aliphatic carbocycles. The number of hydrogen-bond acceptors (Lipinski definition) is 3. The lowest BCUT2D eigenvalue weighted by Crippen LogP contribution is -2.39. The molecule has 1 unspecified atom stereocenters. The van der Waals surface area contributed by atoms with Crippen LogP contribution >= 0.6 is 0 Å². The van der Waals surface area contributed by atoms with Gasteiger partial charge in [0, 0.05) is 13.1 Å². The maximum atomic E-state index is 11.8. The molecule has 0 heterocycles. The lowest BCUT2D eigenvalue weighted by Gasteiger charge is -2.27. The normalized spacial score (nSPS) is 12.4. The summed E-state index contributed by atoms with van der Waals surface area (Å²) in [5.74, 6) is -0.387. The molecule has 0 aromatic heterocycles. The zero-order valence-electron chi connectivity index (χ0n) is 10.8. The molecule has 0 fully saturated rings. The van der Waals surface area contributed by atoms with Crippen molar-refractivity contribution < 1.29 is 14.3 Å². The van der Waals surface area contributed by atoms with Crippen LogP contribution in [0.15, 0.2) is 25.3 Å². The Morgan fingerprint density at radius 1 is 1.41 bits per heavy atom. The fourth-order valence-corrected chi connectivity index (χ4v) is 1.13. The summed E-state index contributed by atoms with van der Waals surface area (Å²) in [6.07, 6.45) is 3.40. The number of nitrogens with zero attached hydrogens (tertiary/aromatic N) is 1. The van der Waals surface area contributed by atoms with Crippen molar-refractivity contribution in [2.24, 2.45) is 5.92 Å². The molecule has 0 saturated carbocycles. The maximum absolute atomic E-state index is 11.8. The van der Waals surface area contributed by atoms with E-state index in [-0.39, 0.29) is 12.5 Å². The van der Waals surface area contributed by atoms with Crippen LogP contribution in [0.2, 0.25) is 0 Å². The average Bonchev–Trinajstić information content (AvgIpc) is 2.21. The van der Waals surface area contributed by atoms with Crippen LogP contribution in [0, 0.1) is 5.92 Å². The predicted octanol–water partition coefficient (Wildman–Crippen LogP) is 2.41. The average molecular weight is 239 g/mol. The number of aldehydes is 1. The van der Waals surface area contributed by atoms with E-state index < -0.39 is 11.7 Å². The third-order valence-corrected chi connectivity index (χ3v) is 1.91. The zero-order chi connectivity index (χ0) is 13.5. The molecule has 0 saturated heterocycles. The first-order valence-corrected chi connectivity index (χ1v) is 5.50. The monoisotopic (exact) mass is 239 g/mol. The fraction of sp³-hybridized carbons (Fsp3) is 0.538. The summed E-state index contributed by atoms with van der Waals surface area (Å²) in [6, 6.07) is 0. The van der Waals surface area contributed by atoms with Gasteiger partial charge in [-0.1, -0.05) is 12.2 Å². The maximum Gasteiger partial charge on any atom is 0.410 e. The number of amides is 1. The van der Waals surface area contributed by atoms with E-state index >= 15 is 0 Å². The van der Waals surface area contributed by atoms with Gasteiger partial charge in [0.1, 0.15) is 11.9 Å². The molecule has 0 radical (unpaired) electrons. The van der Waals surface area contributed by atoms with Crippen LogP contribution in [0.1, 0.15) is 20.8 Å². The van der Waals surface area contributed by atoms with Crippen molar-refractivity contribution >= 4 is 12.4 Å². The molecule has 4 nitrogen and oxygen atoms in total. The molecule has 0 rings (SSSR count). The minimum Gasteiger partial charge on any atom is -0.444 e. The molecular weight excluding hydrogens is 218 g/mol. The largest absolute Gasteiger partial charge is 0.444 e. The van der Waals surface area contributed by atoms with Crippen LogP contribution < -0.4 is 0 Å². The van der Waals surface area contributed by atoms with Gasteiger partial charge in [-0.25, -0.2) is 4.79 Å². The summed E-state index contributed by atoms with van der Waals surface area (Å²) in [6.45, 7) is 13.1. The van der Waals surface area contributed by atoms with E-state index in [4.69, 9.17) is 4.74 Å². The molecule has 1 amide bonds. The van der Waals surface area contributed by atoms with E-state index in [2.05, 4.69) is 13.2 Å². The van der Waals surface area contributed by atoms with Crippen LogP contribution in [0.4, 0.5) is 4.79 Å². The van der Waals surface area contributed by atoms with Gasteiger partial charge in [-0.15, -0.1) is 13.2 Å². The Bertz CT molecular complexity index is 284. The number of hydrogen-bond donors (Lipinski definition) is 0. The number of carbonyl (C=O) groups excluding carboxylic acids is 2. The van der Waals surface area contributed by atoms with Gasteiger partial charge in [0.05, 0.1) is 5.92 Å². The standard InChI is InChI=1S/C13H21NO3/c1-6-8-14(9-11(7-2)10-15)12(16)17-13(3,4)5/h6-7,10-11H,1-2,8-9H2,3-5H3. The lowest BCUT2D eigenvalue weighted by molar-refractivity contribution is -0.110. The van der Waals surface area contributed by atoms with E-state index in [0.717, 1.165) is 6.29 Å². The highest BCUT2D eigenvalue weighted by Crippen LogP contribution is 2.11. The first-order chi connectivity index (χ1) is 7.84. The van der Waals surface area contributed by atoms with Crippen molar-refractivity contribution in [2.75, 3.05) is 13.1 Å². The summed E-state index contributed by atoms with van der Waals surface area (Å²) >= 11 is 0. The van der Waals surface area contributed by atoms with Gasteiger partial charge in [-0.2, -0.15) is 0 Å². The van der Waals surface area contributed by atoms with E-state index in [1.165, 1.54) is 11.0 Å². The van der Waals surface area contributed by atoms with Crippen LogP contribution in [-0.4, -0.2) is 36.0 Å². The predicted molar refractivity (Wildman–Crippen MR) is 67.8 cm³/mol. The number of rotatable bonds is 6. The Labute approximate surface area is 103 Å². The summed E-state index contributed by atoms with van der Waals surface area (Å²) in [5.41, 5.74) is -0.554. The van der Waals surface area contributed by atoms with Gasteiger partial charge in [-0.3, -0.25) is 0 Å². The van der Waals surface area contributed by atoms with Gasteiger partial charge in [-0.05, 0) is 20.8 Å². The van der Waals surface area contributed by atoms with Crippen molar-refractivity contribution in [1.29, 1.82) is 0 Å². The molecule has 4 heteroatoms. The minimum atomic E-state index is -0.554. The molecule has 1 atom stereocenters. The van der Waals surface area contributed by atoms with Crippen molar-refractivity contribution in [3.8, 4) is 0 Å². The van der Waals surface area contributed by atoms with Gasteiger partial charge in [0.15, 0.2) is 0 Å². The summed E-state index contributed by atoms with van der Waals surface area (Å²) in [7, 11) is 0. The molecule has 17 heavy (non-hydrogen) atoms. The number of ether oxygens (including phenoxy) is 1. The quantitative estimate of drug-likeness (QED) is 0.528. The summed E-state index contributed by atoms with van der Waals surface area (Å²) < 4.78 is 5.23. The summed E-state index contributed by atoms with van der Waals surface area (Å²) in [5, 5.41) is 0. The Hall–Kier alpha value is -1.58. The molecule has 0 N–H and O–H groups in total. The van der Waals surface area contributed by atoms with Crippen LogP contribution in [0.5, 0.6) is 0 Å². The molecule has 0 aliphatic rings. The third-order valence-electron chi connectivity index (χ3n) is 1.91. The molecule has 0 bridgehead atoms. The van der Waals surface area contributed by atoms with Crippen molar-refractivity contribution in [3.63, 3.8) is 0 Å². The van der Waals surface area contributed by atoms with Gasteiger partial charge in [0.2, 0.25) is 0 Å². The van der Waals surface area contributed by atoms with Gasteiger partial charge in [0.25, 0.3) is 0 Å². The minimum absolute atomic E-state index is 0.258. The highest BCUT2D eigenvalue weighted by atomic mass is 16.6. The first kappa shape index (κ1) is 15.4. The summed E-state index contributed by atoms with van der Waals surface area (Å²) in [4.78, 5) is 24.0. The van der Waals surface area contributed by atoms with Crippen LogP contribution in [-0.2, 0) is 9.53 Å². The van der Waals surface area contributed by atoms with Crippen LogP contribution in [0.3, 0.4) is 0 Å². The smallest absolute Gasteiger partial charge is 0.410 e. The van der Waals surface area contributed by atoms with Crippen molar-refractivity contribution in [3.05, 3.63) is 25.3 Å². The molecule has 0 aromatic carbocycles. The molecular formula is C13H21NO3. The van der Waals surface area contributed by atoms with Crippen molar-refractivity contribution in [1.82, 2.24) is 4.90 Å². The third kappa shape index (κ3) is 6.56. The van der Waals surface area contributed by atoms with E-state index in [0.29, 0.717) is 6.54 Å². The zero-order valence-corrected chi connectivity index (χ0v) is 10.8. The second kappa shape index (κ2) is 6.89. The lowest BCUT2D eigenvalue weighted by atomic mass is 10.1. The SMILES string of the molecule is C=CCN(CC(C=C)C=O)C(=O)OC(C)(C)C. The fourth-order valence-electron chi connectivity index (χ4n) is 1.13. The second-order valence-corrected chi connectivity index (χ2v) is 4.71. The Kier molecular flexibility index (Phi) is 6.25. The topological polar surface area (TPSA) is 46.6 Å². The highest BCUT2D eigenvalue weighted by Gasteiger charge is 2.22. The van der Waals surface area contributed by atoms with Crippen LogP contribution in [0.25, 0.3) is 0 Å². The molecule has 0 aliphatic heterocycles. The van der Waals surface area contributed by atoms with Gasteiger partial charge < -0.3 is 14.4 Å². The molecule has 0 aromatic rings. The highest BCUT2D eigenvalue weighted by molar-refractivity contribution is 5.69. The van der Waals surface area contributed by atoms with E-state index in [1.807, 2.05) is 0 Å². The molecule has 0 spiro atoms. The van der Waals surface area contributed by atoms with E-state index in [9.17, 15) is 9.59 Å². The Balaban J connectivity index is 4.60. The molecule has 96 valence electrons. The Morgan fingerprint density at radius 3 is 2.35 bits per heavy atom.